The van der Waals surface area contributed by atoms with Crippen LogP contribution in [0.5, 0.6) is 0 Å². The molecule has 0 aliphatic heterocycles. The molecule has 222 valence electrons. The number of carbonyl (C=O) groups is 1. The first-order valence-corrected chi connectivity index (χ1v) is 16.7. The maximum absolute atomic E-state index is 13.7. The molecule has 9 nitrogen and oxygen atoms in total. The third-order valence-corrected chi connectivity index (χ3v) is 9.91. The molecule has 1 unspecified atom stereocenters. The van der Waals surface area contributed by atoms with Gasteiger partial charge in [0.15, 0.2) is 11.5 Å². The first-order valence-electron chi connectivity index (χ1n) is 14.7. The number of hydrogen-bond acceptors (Lipinski definition) is 6. The summed E-state index contributed by atoms with van der Waals surface area (Å²) in [5.74, 6) is 0.255. The van der Waals surface area contributed by atoms with Gasteiger partial charge in [0.2, 0.25) is 5.91 Å². The highest BCUT2D eigenvalue weighted by molar-refractivity contribution is 7.55. The Morgan fingerprint density at radius 2 is 1.52 bits per heavy atom. The summed E-state index contributed by atoms with van der Waals surface area (Å²) >= 11 is 6.28. The molecule has 0 aliphatic rings. The first kappa shape index (κ1) is 32.3. The fraction of sp³-hybridized carbons (Fsp3) is 0.621. The van der Waals surface area contributed by atoms with E-state index >= 15 is 0 Å². The molecule has 2 heterocycles. The van der Waals surface area contributed by atoms with Crippen molar-refractivity contribution in [2.24, 2.45) is 0 Å². The van der Waals surface area contributed by atoms with Crippen molar-refractivity contribution in [1.82, 2.24) is 19.8 Å². The maximum atomic E-state index is 13.7. The van der Waals surface area contributed by atoms with Gasteiger partial charge < -0.3 is 19.3 Å². The Labute approximate surface area is 243 Å². The topological polar surface area (TPSA) is 111 Å². The van der Waals surface area contributed by atoms with Crippen LogP contribution in [0.4, 0.5) is 5.69 Å². The van der Waals surface area contributed by atoms with Crippen LogP contribution >= 0.6 is 19.2 Å². The number of H-pyrrole nitrogens is 1. The van der Waals surface area contributed by atoms with Gasteiger partial charge in [-0.3, -0.25) is 9.36 Å². The van der Waals surface area contributed by atoms with Crippen LogP contribution in [0.25, 0.3) is 17.0 Å². The second kappa shape index (κ2) is 16.3. The molecule has 0 bridgehead atoms. The molecule has 2 N–H and O–H groups in total. The summed E-state index contributed by atoms with van der Waals surface area (Å²) in [5, 5.41) is 12.2. The number of nitrogens with one attached hydrogen (secondary N) is 2. The Balaban J connectivity index is 1.60. The number of halogens is 1. The molecule has 0 radical (unpaired) electrons. The number of aromatic nitrogens is 4. The van der Waals surface area contributed by atoms with Gasteiger partial charge in [0, 0.05) is 11.3 Å². The Morgan fingerprint density at radius 3 is 2.08 bits per heavy atom. The number of aromatic amines is 1. The summed E-state index contributed by atoms with van der Waals surface area (Å²) in [4.78, 5) is 16.6. The Hall–Kier alpha value is -2.19. The molecule has 2 aromatic heterocycles. The highest BCUT2D eigenvalue weighted by Crippen LogP contribution is 2.55. The quantitative estimate of drug-likeness (QED) is 0.106. The number of carbonyl (C=O) groups excluding carboxylic acids is 1. The molecule has 1 amide bonds. The fourth-order valence-corrected chi connectivity index (χ4v) is 6.97. The van der Waals surface area contributed by atoms with Gasteiger partial charge in [-0.05, 0) is 51.5 Å². The summed E-state index contributed by atoms with van der Waals surface area (Å²) < 4.78 is 26.3. The molecular formula is C29H45ClN5O4P. The van der Waals surface area contributed by atoms with E-state index in [1.807, 2.05) is 19.1 Å². The van der Waals surface area contributed by atoms with Crippen molar-refractivity contribution >= 4 is 36.4 Å². The number of fused-ring (bicyclic) bond motifs is 1. The number of unbranched alkanes of at least 4 members (excludes halogenated alkanes) is 9. The summed E-state index contributed by atoms with van der Waals surface area (Å²) in [5.41, 5.74) is 1.86. The van der Waals surface area contributed by atoms with Gasteiger partial charge in [-0.25, -0.2) is 0 Å². The van der Waals surface area contributed by atoms with Gasteiger partial charge in [0.1, 0.15) is 10.7 Å². The van der Waals surface area contributed by atoms with Crippen molar-refractivity contribution in [3.63, 3.8) is 0 Å². The molecule has 0 fully saturated rings. The van der Waals surface area contributed by atoms with Crippen molar-refractivity contribution < 1.29 is 18.4 Å². The fourth-order valence-electron chi connectivity index (χ4n) is 4.81. The molecular weight excluding hydrogens is 549 g/mol. The smallest absolute Gasteiger partial charge is 0.325 e. The number of amides is 1. The van der Waals surface area contributed by atoms with E-state index in [4.69, 9.17) is 20.6 Å². The SMILES string of the molecule is CCCCCCCCCCCCC(C(=O)Nc1ccc(-c2nn3nc(C)c(Cl)c3[nH]2)cc1)P(=O)(OCC)OCC. The van der Waals surface area contributed by atoms with E-state index in [-0.39, 0.29) is 19.1 Å². The van der Waals surface area contributed by atoms with Crippen LogP contribution in [-0.2, 0) is 18.4 Å². The average Bonchev–Trinajstić information content (AvgIpc) is 3.46. The lowest BCUT2D eigenvalue weighted by molar-refractivity contribution is -0.116. The van der Waals surface area contributed by atoms with E-state index in [2.05, 4.69) is 27.4 Å². The normalized spacial score (nSPS) is 12.7. The number of nitrogens with zero attached hydrogens (tertiary/aromatic N) is 3. The van der Waals surface area contributed by atoms with E-state index in [1.165, 1.54) is 49.6 Å². The van der Waals surface area contributed by atoms with Gasteiger partial charge in [-0.1, -0.05) is 82.7 Å². The molecule has 0 spiro atoms. The molecule has 11 heteroatoms. The minimum absolute atomic E-state index is 0.212. The molecule has 40 heavy (non-hydrogen) atoms. The molecule has 0 aliphatic carbocycles. The Kier molecular flexibility index (Phi) is 13.2. The number of benzene rings is 1. The predicted molar refractivity (Wildman–Crippen MR) is 162 cm³/mol. The van der Waals surface area contributed by atoms with Crippen molar-refractivity contribution in [2.45, 2.75) is 104 Å². The standard InChI is InChI=1S/C29H45ClN5O4P/c1-5-8-9-10-11-12-13-14-15-16-17-25(40(37,38-6-2)39-7-3)29(36)31-24-20-18-23(19-21-24)27-32-28-26(30)22(4)33-35(28)34-27/h18-21,25H,5-17H2,1-4H3,(H,31,36)(H,32,34). The molecule has 3 aromatic rings. The number of hydrogen-bond donors (Lipinski definition) is 2. The minimum atomic E-state index is -3.63. The minimum Gasteiger partial charge on any atom is -0.325 e. The third-order valence-electron chi connectivity index (χ3n) is 6.96. The van der Waals surface area contributed by atoms with Crippen LogP contribution in [0.2, 0.25) is 5.02 Å². The number of aryl methyl sites for hydroxylation is 1. The van der Waals surface area contributed by atoms with Crippen molar-refractivity contribution in [3.05, 3.63) is 35.0 Å². The second-order valence-electron chi connectivity index (χ2n) is 10.1. The van der Waals surface area contributed by atoms with E-state index in [0.29, 0.717) is 34.3 Å². The Bertz CT molecular complexity index is 1230. The molecule has 0 saturated carbocycles. The summed E-state index contributed by atoms with van der Waals surface area (Å²) in [6.07, 6.45) is 12.3. The highest BCUT2D eigenvalue weighted by Gasteiger charge is 2.40. The third kappa shape index (κ3) is 8.90. The molecule has 1 atom stereocenters. The summed E-state index contributed by atoms with van der Waals surface area (Å²) in [7, 11) is -3.63. The zero-order valence-electron chi connectivity index (χ0n) is 24.4. The van der Waals surface area contributed by atoms with Crippen LogP contribution in [0.1, 0.15) is 97.1 Å². The predicted octanol–water partition coefficient (Wildman–Crippen LogP) is 8.57. The van der Waals surface area contributed by atoms with Gasteiger partial charge in [0.25, 0.3) is 0 Å². The highest BCUT2D eigenvalue weighted by atomic mass is 35.5. The number of anilines is 1. The monoisotopic (exact) mass is 593 g/mol. The van der Waals surface area contributed by atoms with Gasteiger partial charge >= 0.3 is 7.60 Å². The maximum Gasteiger partial charge on any atom is 0.343 e. The van der Waals surface area contributed by atoms with E-state index in [1.54, 1.807) is 26.0 Å². The lowest BCUT2D eigenvalue weighted by Crippen LogP contribution is -2.29. The summed E-state index contributed by atoms with van der Waals surface area (Å²) in [6.45, 7) is 8.01. The second-order valence-corrected chi connectivity index (χ2v) is 12.7. The van der Waals surface area contributed by atoms with Gasteiger partial charge in [-0.2, -0.15) is 5.10 Å². The zero-order chi connectivity index (χ0) is 29.0. The van der Waals surface area contributed by atoms with Crippen LogP contribution in [-0.4, -0.2) is 44.6 Å². The zero-order valence-corrected chi connectivity index (χ0v) is 26.0. The molecule has 1 aromatic carbocycles. The van der Waals surface area contributed by atoms with Crippen LogP contribution < -0.4 is 5.32 Å². The van der Waals surface area contributed by atoms with Crippen molar-refractivity contribution in [2.75, 3.05) is 18.5 Å². The Morgan fingerprint density at radius 1 is 0.950 bits per heavy atom. The van der Waals surface area contributed by atoms with Crippen molar-refractivity contribution in [3.8, 4) is 11.4 Å². The van der Waals surface area contributed by atoms with Crippen molar-refractivity contribution in [1.29, 1.82) is 0 Å². The van der Waals surface area contributed by atoms with Crippen LogP contribution in [0, 0.1) is 6.92 Å². The lowest BCUT2D eigenvalue weighted by Gasteiger charge is -2.25. The lowest BCUT2D eigenvalue weighted by atomic mass is 10.0. The average molecular weight is 594 g/mol. The van der Waals surface area contributed by atoms with Gasteiger partial charge in [-0.15, -0.1) is 9.73 Å². The van der Waals surface area contributed by atoms with E-state index in [0.717, 1.165) is 24.8 Å². The van der Waals surface area contributed by atoms with E-state index < -0.39 is 13.3 Å². The summed E-state index contributed by atoms with van der Waals surface area (Å²) in [6, 6.07) is 7.26. The molecule has 3 rings (SSSR count). The number of rotatable bonds is 19. The van der Waals surface area contributed by atoms with Crippen LogP contribution in [0.3, 0.4) is 0 Å². The largest absolute Gasteiger partial charge is 0.343 e. The first-order chi connectivity index (χ1) is 19.3. The molecule has 0 saturated heterocycles. The van der Waals surface area contributed by atoms with Gasteiger partial charge in [0.05, 0.1) is 18.9 Å². The van der Waals surface area contributed by atoms with Crippen LogP contribution in [0.15, 0.2) is 24.3 Å². The van der Waals surface area contributed by atoms with E-state index in [9.17, 15) is 9.36 Å².